The van der Waals surface area contributed by atoms with E-state index in [9.17, 15) is 4.79 Å². The van der Waals surface area contributed by atoms with Crippen LogP contribution >= 0.6 is 34.8 Å². The zero-order valence-corrected chi connectivity index (χ0v) is 8.41. The van der Waals surface area contributed by atoms with Crippen LogP contribution in [-0.4, -0.2) is 14.6 Å². The van der Waals surface area contributed by atoms with E-state index in [1.807, 2.05) is 6.07 Å². The lowest BCUT2D eigenvalue weighted by molar-refractivity contribution is 0.0992. The topological polar surface area (TPSA) is 56.6 Å². The quantitative estimate of drug-likeness (QED) is 0.602. The van der Waals surface area contributed by atoms with Crippen LogP contribution in [0.15, 0.2) is 12.3 Å². The van der Waals surface area contributed by atoms with Crippen molar-refractivity contribution < 1.29 is 4.79 Å². The summed E-state index contributed by atoms with van der Waals surface area (Å²) >= 11 is 16.0. The molecule has 68 valence electrons. The van der Waals surface area contributed by atoms with Crippen molar-refractivity contribution >= 4 is 40.6 Å². The molecule has 3 nitrogen and oxygen atoms in total. The van der Waals surface area contributed by atoms with E-state index in [0.717, 1.165) is 0 Å². The Bertz CT molecular complexity index is 372. The Balaban J connectivity index is 2.98. The van der Waals surface area contributed by atoms with Crippen LogP contribution in [0.4, 0.5) is 0 Å². The van der Waals surface area contributed by atoms with Crippen LogP contribution in [-0.2, 0) is 0 Å². The molecule has 1 aromatic rings. The molecule has 0 fully saturated rings. The molecule has 0 unspecified atom stereocenters. The van der Waals surface area contributed by atoms with E-state index in [-0.39, 0.29) is 5.69 Å². The van der Waals surface area contributed by atoms with Gasteiger partial charge in [-0.25, -0.2) is 0 Å². The molecule has 0 radical (unpaired) electrons. The number of ketones is 1. The Hall–Kier alpha value is -0.690. The van der Waals surface area contributed by atoms with Crippen molar-refractivity contribution in [2.24, 2.45) is 0 Å². The number of aromatic amines is 1. The number of nitrogens with one attached hydrogen (secondary N) is 1. The summed E-state index contributed by atoms with van der Waals surface area (Å²) in [5, 5.41) is 8.46. The second-order valence-corrected chi connectivity index (χ2v) is 4.52. The number of alkyl halides is 3. The van der Waals surface area contributed by atoms with Crippen LogP contribution in [0.25, 0.3) is 0 Å². The predicted octanol–water partition coefficient (Wildman–Crippen LogP) is 2.44. The summed E-state index contributed by atoms with van der Waals surface area (Å²) < 4.78 is -1.99. The highest BCUT2D eigenvalue weighted by atomic mass is 35.6. The largest absolute Gasteiger partial charge is 0.357 e. The maximum Gasteiger partial charge on any atom is 0.254 e. The van der Waals surface area contributed by atoms with Crippen LogP contribution in [0, 0.1) is 11.3 Å². The van der Waals surface area contributed by atoms with E-state index in [1.165, 1.54) is 12.3 Å². The van der Waals surface area contributed by atoms with Gasteiger partial charge in [-0.2, -0.15) is 5.26 Å². The summed E-state index contributed by atoms with van der Waals surface area (Å²) in [6, 6.07) is 3.16. The summed E-state index contributed by atoms with van der Waals surface area (Å²) in [6.07, 6.45) is 1.36. The first kappa shape index (κ1) is 10.4. The van der Waals surface area contributed by atoms with E-state index in [0.29, 0.717) is 5.56 Å². The van der Waals surface area contributed by atoms with Gasteiger partial charge in [0.2, 0.25) is 5.78 Å². The molecule has 0 atom stereocenters. The molecule has 0 aliphatic rings. The van der Waals surface area contributed by atoms with Crippen LogP contribution in [0.1, 0.15) is 16.1 Å². The van der Waals surface area contributed by atoms with Gasteiger partial charge in [0.25, 0.3) is 3.79 Å². The third-order valence-electron chi connectivity index (χ3n) is 1.31. The maximum absolute atomic E-state index is 11.3. The Morgan fingerprint density at radius 1 is 1.54 bits per heavy atom. The molecular weight excluding hydrogens is 234 g/mol. The van der Waals surface area contributed by atoms with Gasteiger partial charge in [-0.05, 0) is 6.07 Å². The standard InChI is InChI=1S/C7H3Cl3N2O/c8-7(9,10)6(13)5-1-4(2-11)3-12-5/h1,3,12H. The fourth-order valence-corrected chi connectivity index (χ4v) is 1.05. The highest BCUT2D eigenvalue weighted by Gasteiger charge is 2.32. The molecule has 0 bridgehead atoms. The second-order valence-electron chi connectivity index (χ2n) is 2.24. The highest BCUT2D eigenvalue weighted by Crippen LogP contribution is 2.30. The van der Waals surface area contributed by atoms with Gasteiger partial charge in [0.05, 0.1) is 11.3 Å². The molecule has 0 aliphatic carbocycles. The van der Waals surface area contributed by atoms with Gasteiger partial charge in [0.15, 0.2) is 0 Å². The minimum absolute atomic E-state index is 0.108. The number of carbonyl (C=O) groups is 1. The third kappa shape index (κ3) is 2.38. The molecule has 1 aromatic heterocycles. The maximum atomic E-state index is 11.3. The molecule has 0 spiro atoms. The SMILES string of the molecule is N#Cc1c[nH]c(C(=O)C(Cl)(Cl)Cl)c1. The first-order valence-electron chi connectivity index (χ1n) is 3.15. The number of rotatable bonds is 1. The molecule has 1 rings (SSSR count). The first-order valence-corrected chi connectivity index (χ1v) is 4.28. The molecule has 0 saturated carbocycles. The molecule has 1 heterocycles. The predicted molar refractivity (Wildman–Crippen MR) is 50.1 cm³/mol. The minimum Gasteiger partial charge on any atom is -0.357 e. The van der Waals surface area contributed by atoms with Crippen molar-refractivity contribution in [1.29, 1.82) is 5.26 Å². The van der Waals surface area contributed by atoms with Crippen LogP contribution in [0.5, 0.6) is 0 Å². The Morgan fingerprint density at radius 2 is 2.15 bits per heavy atom. The fraction of sp³-hybridized carbons (Fsp3) is 0.143. The summed E-state index contributed by atoms with van der Waals surface area (Å²) in [7, 11) is 0. The summed E-state index contributed by atoms with van der Waals surface area (Å²) in [4.78, 5) is 13.8. The van der Waals surface area contributed by atoms with Crippen molar-refractivity contribution in [3.05, 3.63) is 23.5 Å². The molecule has 0 saturated heterocycles. The first-order chi connectivity index (χ1) is 5.95. The average Bonchev–Trinajstić information content (AvgIpc) is 2.48. The monoisotopic (exact) mass is 236 g/mol. The Morgan fingerprint density at radius 3 is 2.54 bits per heavy atom. The van der Waals surface area contributed by atoms with Gasteiger partial charge in [0.1, 0.15) is 6.07 Å². The van der Waals surface area contributed by atoms with Gasteiger partial charge in [-0.3, -0.25) is 4.79 Å². The van der Waals surface area contributed by atoms with Gasteiger partial charge in [-0.1, -0.05) is 34.8 Å². The number of H-pyrrole nitrogens is 1. The number of nitrogens with zero attached hydrogens (tertiary/aromatic N) is 1. The zero-order chi connectivity index (χ0) is 10.1. The van der Waals surface area contributed by atoms with Crippen LogP contribution < -0.4 is 0 Å². The molecular formula is C7H3Cl3N2O. The average molecular weight is 237 g/mol. The lowest BCUT2D eigenvalue weighted by Crippen LogP contribution is -2.19. The minimum atomic E-state index is -1.99. The van der Waals surface area contributed by atoms with Crippen LogP contribution in [0.2, 0.25) is 0 Å². The van der Waals surface area contributed by atoms with Crippen molar-refractivity contribution in [3.63, 3.8) is 0 Å². The van der Waals surface area contributed by atoms with E-state index in [2.05, 4.69) is 4.98 Å². The zero-order valence-electron chi connectivity index (χ0n) is 6.14. The second kappa shape index (κ2) is 3.59. The van der Waals surface area contributed by atoms with Gasteiger partial charge >= 0.3 is 0 Å². The van der Waals surface area contributed by atoms with Crippen LogP contribution in [0.3, 0.4) is 0 Å². The van der Waals surface area contributed by atoms with Gasteiger partial charge < -0.3 is 4.98 Å². The normalized spacial score (nSPS) is 10.9. The lowest BCUT2D eigenvalue weighted by atomic mass is 10.3. The number of halogens is 3. The molecule has 1 N–H and O–H groups in total. The molecule has 13 heavy (non-hydrogen) atoms. The summed E-state index contributed by atoms with van der Waals surface area (Å²) in [6.45, 7) is 0. The van der Waals surface area contributed by atoms with E-state index in [4.69, 9.17) is 40.1 Å². The summed E-state index contributed by atoms with van der Waals surface area (Å²) in [5.41, 5.74) is 0.425. The van der Waals surface area contributed by atoms with E-state index >= 15 is 0 Å². The van der Waals surface area contributed by atoms with Crippen molar-refractivity contribution in [2.45, 2.75) is 3.79 Å². The lowest BCUT2D eigenvalue weighted by Gasteiger charge is -2.06. The molecule has 0 aromatic carbocycles. The van der Waals surface area contributed by atoms with Gasteiger partial charge in [-0.15, -0.1) is 0 Å². The third-order valence-corrected chi connectivity index (χ3v) is 1.83. The number of hydrogen-bond donors (Lipinski definition) is 1. The fourth-order valence-electron chi connectivity index (χ4n) is 0.743. The van der Waals surface area contributed by atoms with Crippen molar-refractivity contribution in [3.8, 4) is 6.07 Å². The Labute approximate surface area is 89.2 Å². The smallest absolute Gasteiger partial charge is 0.254 e. The number of hydrogen-bond acceptors (Lipinski definition) is 2. The highest BCUT2D eigenvalue weighted by molar-refractivity contribution is 6.77. The van der Waals surface area contributed by atoms with E-state index < -0.39 is 9.58 Å². The molecule has 0 aliphatic heterocycles. The number of aromatic nitrogens is 1. The summed E-state index contributed by atoms with van der Waals surface area (Å²) in [5.74, 6) is -0.681. The molecule has 0 amide bonds. The van der Waals surface area contributed by atoms with Crippen molar-refractivity contribution in [1.82, 2.24) is 4.98 Å². The van der Waals surface area contributed by atoms with Gasteiger partial charge in [0, 0.05) is 6.20 Å². The number of carbonyl (C=O) groups excluding carboxylic acids is 1. The number of Topliss-reactive ketones (excluding diaryl/α,β-unsaturated/α-hetero) is 1. The van der Waals surface area contributed by atoms with E-state index in [1.54, 1.807) is 0 Å². The van der Waals surface area contributed by atoms with Crippen molar-refractivity contribution in [2.75, 3.05) is 0 Å². The molecule has 6 heteroatoms. The Kier molecular flexibility index (Phi) is 2.87. The number of nitriles is 1.